The summed E-state index contributed by atoms with van der Waals surface area (Å²) in [6.07, 6.45) is 11.0. The molecule has 0 spiro atoms. The van der Waals surface area contributed by atoms with Crippen LogP contribution in [0.15, 0.2) is 47.1 Å². The molecule has 0 aromatic heterocycles. The molecule has 2 aliphatic heterocycles. The molecule has 4 bridgehead atoms. The number of carbonyl (C=O) groups excluding carboxylic acids is 4. The number of fused-ring (bicyclic) bond motifs is 1. The summed E-state index contributed by atoms with van der Waals surface area (Å²) in [4.78, 5) is 64.1. The fourth-order valence-corrected chi connectivity index (χ4v) is 6.96. The minimum atomic E-state index is -2.42. The molecule has 10 heteroatoms. The van der Waals surface area contributed by atoms with E-state index in [4.69, 9.17) is 9.47 Å². The number of Topliss-reactive ketones (excluding diaryl/α,β-unsaturated/α-hetero) is 1. The van der Waals surface area contributed by atoms with Gasteiger partial charge in [-0.2, -0.15) is 0 Å². The van der Waals surface area contributed by atoms with Gasteiger partial charge in [0.05, 0.1) is 23.5 Å². The second-order valence-corrected chi connectivity index (χ2v) is 11.4. The summed E-state index contributed by atoms with van der Waals surface area (Å²) < 4.78 is 10.4. The van der Waals surface area contributed by atoms with Crippen LogP contribution in [-0.2, 0) is 33.4 Å². The van der Waals surface area contributed by atoms with Crippen LogP contribution in [0.25, 0.3) is 0 Å². The first-order chi connectivity index (χ1) is 19.5. The Morgan fingerprint density at radius 2 is 1.78 bits per heavy atom. The molecule has 0 radical (unpaired) electrons. The van der Waals surface area contributed by atoms with E-state index >= 15 is 0 Å². The number of hydrogen-bond acceptors (Lipinski definition) is 9. The molecule has 0 saturated carbocycles. The lowest BCUT2D eigenvalue weighted by Gasteiger charge is -2.45. The fraction of sp³-hybridized carbons (Fsp3) is 0.581. The topological polar surface area (TPSA) is 164 Å². The SMILES string of the molecule is C/C=C/CCCCCC1C=C2C3(O)OC(=O)[C@@]2(CC(=O)O)CC2=C(C(=O)OC2=O)C3C1C[C@@H](O)C(=O)CC/C=C/C. The Morgan fingerprint density at radius 1 is 1.07 bits per heavy atom. The molecule has 4 rings (SSSR count). The number of hydrogen-bond donors (Lipinski definition) is 3. The Labute approximate surface area is 238 Å². The van der Waals surface area contributed by atoms with Crippen molar-refractivity contribution in [2.45, 2.75) is 89.9 Å². The maximum Gasteiger partial charge on any atom is 0.343 e. The molecule has 4 unspecified atom stereocenters. The average Bonchev–Trinajstić information content (AvgIpc) is 3.26. The van der Waals surface area contributed by atoms with E-state index < -0.39 is 77.6 Å². The van der Waals surface area contributed by atoms with E-state index in [9.17, 15) is 39.3 Å². The normalized spacial score (nSPS) is 31.3. The Balaban J connectivity index is 1.80. The highest BCUT2D eigenvalue weighted by Gasteiger charge is 2.72. The second-order valence-electron chi connectivity index (χ2n) is 11.4. The highest BCUT2D eigenvalue weighted by atomic mass is 16.7. The highest BCUT2D eigenvalue weighted by molar-refractivity contribution is 6.14. The lowest BCUT2D eigenvalue weighted by atomic mass is 9.61. The molecule has 0 aromatic carbocycles. The Bertz CT molecular complexity index is 1240. The van der Waals surface area contributed by atoms with Crippen molar-refractivity contribution in [1.29, 1.82) is 0 Å². The van der Waals surface area contributed by atoms with Gasteiger partial charge in [-0.1, -0.05) is 43.2 Å². The van der Waals surface area contributed by atoms with Gasteiger partial charge in [-0.25, -0.2) is 9.59 Å². The van der Waals surface area contributed by atoms with Gasteiger partial charge in [0.25, 0.3) is 0 Å². The number of ether oxygens (including phenoxy) is 2. The van der Waals surface area contributed by atoms with E-state index in [1.54, 1.807) is 12.2 Å². The van der Waals surface area contributed by atoms with Gasteiger partial charge in [0.15, 0.2) is 5.78 Å². The first-order valence-electron chi connectivity index (χ1n) is 14.3. The summed E-state index contributed by atoms with van der Waals surface area (Å²) in [6.45, 7) is 3.77. The largest absolute Gasteiger partial charge is 0.481 e. The summed E-state index contributed by atoms with van der Waals surface area (Å²) in [7, 11) is 0. The molecule has 3 N–H and O–H groups in total. The second kappa shape index (κ2) is 12.2. The summed E-state index contributed by atoms with van der Waals surface area (Å²) >= 11 is 0. The lowest BCUT2D eigenvalue weighted by Crippen LogP contribution is -2.51. The predicted octanol–water partition coefficient (Wildman–Crippen LogP) is 3.47. The molecule has 0 aromatic rings. The molecular formula is C31H38O10. The molecule has 2 aliphatic carbocycles. The van der Waals surface area contributed by atoms with Gasteiger partial charge in [0.1, 0.15) is 11.5 Å². The van der Waals surface area contributed by atoms with Crippen LogP contribution in [0.5, 0.6) is 0 Å². The molecule has 222 valence electrons. The monoisotopic (exact) mass is 570 g/mol. The van der Waals surface area contributed by atoms with E-state index in [0.29, 0.717) is 12.8 Å². The number of aliphatic carboxylic acids is 1. The third-order valence-corrected chi connectivity index (χ3v) is 8.84. The van der Waals surface area contributed by atoms with Crippen molar-refractivity contribution in [3.63, 3.8) is 0 Å². The van der Waals surface area contributed by atoms with Gasteiger partial charge in [0.2, 0.25) is 5.79 Å². The van der Waals surface area contributed by atoms with E-state index in [1.807, 2.05) is 26.0 Å². The van der Waals surface area contributed by atoms with Crippen LogP contribution in [0.1, 0.15) is 78.1 Å². The zero-order valence-electron chi connectivity index (χ0n) is 23.5. The number of carboxylic acid groups (broad SMARTS) is 1. The molecule has 41 heavy (non-hydrogen) atoms. The summed E-state index contributed by atoms with van der Waals surface area (Å²) in [5.74, 6) is -9.70. The van der Waals surface area contributed by atoms with Crippen molar-refractivity contribution in [3.8, 4) is 0 Å². The first-order valence-corrected chi connectivity index (χ1v) is 14.3. The Kier molecular flexibility index (Phi) is 9.13. The van der Waals surface area contributed by atoms with E-state index in [2.05, 4.69) is 6.08 Å². The molecule has 4 aliphatic rings. The Morgan fingerprint density at radius 3 is 2.46 bits per heavy atom. The number of carboxylic acids is 1. The highest BCUT2D eigenvalue weighted by Crippen LogP contribution is 2.64. The van der Waals surface area contributed by atoms with Gasteiger partial charge in [0, 0.05) is 18.4 Å². The lowest BCUT2D eigenvalue weighted by molar-refractivity contribution is -0.206. The summed E-state index contributed by atoms with van der Waals surface area (Å²) in [5.41, 5.74) is -2.19. The van der Waals surface area contributed by atoms with Crippen LogP contribution in [0, 0.1) is 23.2 Å². The number of rotatable bonds is 14. The Hall–Kier alpha value is -3.37. The minimum absolute atomic E-state index is 0.0291. The molecule has 1 saturated heterocycles. The molecule has 0 amide bonds. The van der Waals surface area contributed by atoms with Crippen molar-refractivity contribution in [3.05, 3.63) is 47.1 Å². The van der Waals surface area contributed by atoms with Crippen molar-refractivity contribution in [2.75, 3.05) is 0 Å². The molecule has 10 nitrogen and oxygen atoms in total. The van der Waals surface area contributed by atoms with Crippen LogP contribution in [-0.4, -0.2) is 56.9 Å². The van der Waals surface area contributed by atoms with Crippen molar-refractivity contribution in [1.82, 2.24) is 0 Å². The minimum Gasteiger partial charge on any atom is -0.481 e. The standard InChI is InChI=1S/C31H38O10/c1-3-5-7-8-9-11-12-18-14-23-30(17-24(34)35)16-20-25(28(37)40-27(20)36)26(31(23,39)41-29(30)38)19(18)15-22(33)21(32)13-10-6-4-2/h3-6,14,18-19,22,26,33,39H,7-13,15-17H2,1-2H3,(H,34,35)/b5-3+,6-4+/t18?,19?,22-,26?,30-,31?/m1/s1. The fourth-order valence-electron chi connectivity index (χ4n) is 6.96. The van der Waals surface area contributed by atoms with Crippen LogP contribution in [0.4, 0.5) is 0 Å². The van der Waals surface area contributed by atoms with Crippen LogP contribution < -0.4 is 0 Å². The van der Waals surface area contributed by atoms with Gasteiger partial charge >= 0.3 is 23.9 Å². The van der Waals surface area contributed by atoms with Crippen LogP contribution in [0.2, 0.25) is 0 Å². The molecular weight excluding hydrogens is 532 g/mol. The number of esters is 3. The third kappa shape index (κ3) is 5.59. The molecule has 6 atom stereocenters. The van der Waals surface area contributed by atoms with Gasteiger partial charge in [-0.3, -0.25) is 14.4 Å². The maximum absolute atomic E-state index is 13.4. The zero-order valence-corrected chi connectivity index (χ0v) is 23.5. The molecule has 2 heterocycles. The molecule has 1 fully saturated rings. The number of allylic oxidation sites excluding steroid dienone is 5. The van der Waals surface area contributed by atoms with Crippen LogP contribution in [0.3, 0.4) is 0 Å². The van der Waals surface area contributed by atoms with Crippen molar-refractivity contribution < 1.29 is 48.8 Å². The number of aliphatic hydroxyl groups excluding tert-OH is 1. The van der Waals surface area contributed by atoms with E-state index in [0.717, 1.165) is 25.7 Å². The van der Waals surface area contributed by atoms with Crippen molar-refractivity contribution in [2.24, 2.45) is 23.2 Å². The quantitative estimate of drug-likeness (QED) is 0.122. The number of aliphatic hydroxyl groups is 2. The zero-order chi connectivity index (χ0) is 29.9. The average molecular weight is 571 g/mol. The van der Waals surface area contributed by atoms with Gasteiger partial charge in [-0.05, 0) is 57.8 Å². The number of carbonyl (C=O) groups is 5. The smallest absolute Gasteiger partial charge is 0.343 e. The number of cyclic esters (lactones) is 2. The van der Waals surface area contributed by atoms with E-state index in [-0.39, 0.29) is 29.6 Å². The van der Waals surface area contributed by atoms with E-state index in [1.165, 1.54) is 0 Å². The number of ketones is 1. The predicted molar refractivity (Wildman–Crippen MR) is 145 cm³/mol. The van der Waals surface area contributed by atoms with Gasteiger partial charge in [-0.15, -0.1) is 0 Å². The maximum atomic E-state index is 13.4. The third-order valence-electron chi connectivity index (χ3n) is 8.84. The van der Waals surface area contributed by atoms with Crippen molar-refractivity contribution >= 4 is 29.7 Å². The van der Waals surface area contributed by atoms with Gasteiger partial charge < -0.3 is 24.8 Å². The number of unbranched alkanes of at least 4 members (excludes halogenated alkanes) is 3. The summed E-state index contributed by atoms with van der Waals surface area (Å²) in [5, 5.41) is 32.8. The summed E-state index contributed by atoms with van der Waals surface area (Å²) in [6, 6.07) is 0. The van der Waals surface area contributed by atoms with Crippen LogP contribution >= 0.6 is 0 Å². The first kappa shape index (κ1) is 30.6.